The number of carbonyl (C=O) groups is 1. The van der Waals surface area contributed by atoms with E-state index in [1.165, 1.54) is 45.4 Å². The molecule has 0 saturated heterocycles. The third kappa shape index (κ3) is 12.9. The second kappa shape index (κ2) is 16.0. The zero-order valence-corrected chi connectivity index (χ0v) is 15.9. The molecule has 0 spiro atoms. The third-order valence-electron chi connectivity index (χ3n) is 4.90. The summed E-state index contributed by atoms with van der Waals surface area (Å²) < 4.78 is 0. The maximum absolute atomic E-state index is 11.2. The monoisotopic (exact) mass is 344 g/mol. The van der Waals surface area contributed by atoms with E-state index < -0.39 is 0 Å². The maximum Gasteiger partial charge on any atom is 0.130 e. The molecule has 0 aliphatic rings. The van der Waals surface area contributed by atoms with Crippen LogP contribution in [0.3, 0.4) is 0 Å². The highest BCUT2D eigenvalue weighted by molar-refractivity contribution is 5.75. The molecule has 24 heavy (non-hydrogen) atoms. The van der Waals surface area contributed by atoms with E-state index in [4.69, 9.17) is 0 Å². The molecule has 4 heteroatoms. The molecule has 0 aliphatic heterocycles. The van der Waals surface area contributed by atoms with Crippen LogP contribution < -0.4 is 0 Å². The molecule has 0 bridgehead atoms. The number of ketones is 1. The standard InChI is InChI=1S/C20H40O4/c1-3-4-5-6-7-8-9-10-18(14-21)12-20(16-23)13-19(15-22)11-17(2)24/h18-23H,3-16H2,1-2H3. The van der Waals surface area contributed by atoms with Gasteiger partial charge in [0, 0.05) is 26.2 Å². The molecule has 0 amide bonds. The molecule has 0 aliphatic carbocycles. The number of Topliss-reactive ketones (excluding diaryl/α,β-unsaturated/α-hetero) is 1. The lowest BCUT2D eigenvalue weighted by Crippen LogP contribution is -2.21. The quantitative estimate of drug-likeness (QED) is 0.352. The molecule has 4 nitrogen and oxygen atoms in total. The minimum absolute atomic E-state index is 0.0162. The number of hydrogen-bond acceptors (Lipinski definition) is 4. The summed E-state index contributed by atoms with van der Waals surface area (Å²) >= 11 is 0. The predicted octanol–water partition coefficient (Wildman–Crippen LogP) is 3.71. The molecule has 0 saturated carbocycles. The summed E-state index contributed by atoms with van der Waals surface area (Å²) in [4.78, 5) is 11.2. The summed E-state index contributed by atoms with van der Waals surface area (Å²) in [5, 5.41) is 28.6. The second-order valence-electron chi connectivity index (χ2n) is 7.43. The fraction of sp³-hybridized carbons (Fsp3) is 0.950. The number of rotatable bonds is 17. The molecule has 0 aromatic carbocycles. The van der Waals surface area contributed by atoms with Crippen molar-refractivity contribution in [1.82, 2.24) is 0 Å². The van der Waals surface area contributed by atoms with Crippen LogP contribution in [-0.4, -0.2) is 40.9 Å². The van der Waals surface area contributed by atoms with Crippen molar-refractivity contribution in [3.8, 4) is 0 Å². The van der Waals surface area contributed by atoms with Gasteiger partial charge in [0.05, 0.1) is 0 Å². The van der Waals surface area contributed by atoms with Crippen LogP contribution in [0.5, 0.6) is 0 Å². The highest BCUT2D eigenvalue weighted by Gasteiger charge is 2.20. The van der Waals surface area contributed by atoms with Crippen molar-refractivity contribution in [2.24, 2.45) is 17.8 Å². The van der Waals surface area contributed by atoms with E-state index >= 15 is 0 Å². The first-order valence-corrected chi connectivity index (χ1v) is 9.89. The highest BCUT2D eigenvalue weighted by atomic mass is 16.3. The summed E-state index contributed by atoms with van der Waals surface area (Å²) in [6, 6.07) is 0. The number of aliphatic hydroxyl groups excluding tert-OH is 3. The highest BCUT2D eigenvalue weighted by Crippen LogP contribution is 2.25. The molecule has 3 atom stereocenters. The Labute approximate surface area is 148 Å². The fourth-order valence-corrected chi connectivity index (χ4v) is 3.49. The van der Waals surface area contributed by atoms with Gasteiger partial charge < -0.3 is 20.1 Å². The molecule has 3 unspecified atom stereocenters. The van der Waals surface area contributed by atoms with Crippen molar-refractivity contribution in [2.45, 2.75) is 84.5 Å². The lowest BCUT2D eigenvalue weighted by molar-refractivity contribution is -0.118. The molecule has 144 valence electrons. The predicted molar refractivity (Wildman–Crippen MR) is 98.9 cm³/mol. The van der Waals surface area contributed by atoms with Crippen molar-refractivity contribution in [3.05, 3.63) is 0 Å². The van der Waals surface area contributed by atoms with Crippen molar-refractivity contribution < 1.29 is 20.1 Å². The van der Waals surface area contributed by atoms with Crippen molar-refractivity contribution in [2.75, 3.05) is 19.8 Å². The first-order valence-electron chi connectivity index (χ1n) is 9.89. The van der Waals surface area contributed by atoms with E-state index in [9.17, 15) is 20.1 Å². The summed E-state index contributed by atoms with van der Waals surface area (Å²) in [5.41, 5.74) is 0. The first kappa shape index (κ1) is 23.5. The van der Waals surface area contributed by atoms with Gasteiger partial charge >= 0.3 is 0 Å². The summed E-state index contributed by atoms with van der Waals surface area (Å²) in [6.45, 7) is 3.96. The van der Waals surface area contributed by atoms with Crippen LogP contribution in [0.1, 0.15) is 84.5 Å². The van der Waals surface area contributed by atoms with E-state index in [1.54, 1.807) is 0 Å². The van der Waals surface area contributed by atoms with Gasteiger partial charge in [0.2, 0.25) is 0 Å². The van der Waals surface area contributed by atoms with Crippen LogP contribution in [0.4, 0.5) is 0 Å². The number of aliphatic hydroxyl groups is 3. The number of carbonyl (C=O) groups excluding carboxylic acids is 1. The molecule has 0 heterocycles. The number of unbranched alkanes of at least 4 members (excludes halogenated alkanes) is 6. The average molecular weight is 345 g/mol. The molecule has 0 radical (unpaired) electrons. The van der Waals surface area contributed by atoms with Crippen molar-refractivity contribution in [3.63, 3.8) is 0 Å². The Morgan fingerprint density at radius 2 is 1.25 bits per heavy atom. The van der Waals surface area contributed by atoms with Gasteiger partial charge in [0.1, 0.15) is 5.78 Å². The van der Waals surface area contributed by atoms with Crippen LogP contribution in [0, 0.1) is 17.8 Å². The first-order chi connectivity index (χ1) is 11.6. The van der Waals surface area contributed by atoms with Gasteiger partial charge in [-0.05, 0) is 43.9 Å². The van der Waals surface area contributed by atoms with Gasteiger partial charge in [-0.15, -0.1) is 0 Å². The lowest BCUT2D eigenvalue weighted by atomic mass is 9.84. The minimum atomic E-state index is -0.0717. The molecule has 0 rings (SSSR count). The summed E-state index contributed by atoms with van der Waals surface area (Å²) in [6.07, 6.45) is 11.6. The van der Waals surface area contributed by atoms with E-state index in [0.29, 0.717) is 12.8 Å². The van der Waals surface area contributed by atoms with Gasteiger partial charge in [-0.25, -0.2) is 0 Å². The molecular formula is C20H40O4. The maximum atomic E-state index is 11.2. The van der Waals surface area contributed by atoms with Crippen LogP contribution >= 0.6 is 0 Å². The number of hydrogen-bond donors (Lipinski definition) is 3. The molecule has 0 aromatic heterocycles. The smallest absolute Gasteiger partial charge is 0.130 e. The van der Waals surface area contributed by atoms with E-state index in [2.05, 4.69) is 6.92 Å². The van der Waals surface area contributed by atoms with E-state index in [1.807, 2.05) is 0 Å². The molecular weight excluding hydrogens is 304 g/mol. The van der Waals surface area contributed by atoms with Gasteiger partial charge in [-0.2, -0.15) is 0 Å². The zero-order valence-electron chi connectivity index (χ0n) is 15.9. The topological polar surface area (TPSA) is 77.8 Å². The van der Waals surface area contributed by atoms with Gasteiger partial charge in [-0.3, -0.25) is 0 Å². The Balaban J connectivity index is 4.05. The second-order valence-corrected chi connectivity index (χ2v) is 7.43. The average Bonchev–Trinajstić information content (AvgIpc) is 2.57. The Bertz CT molecular complexity index is 293. The Kier molecular flexibility index (Phi) is 15.7. The zero-order chi connectivity index (χ0) is 18.2. The Morgan fingerprint density at radius 3 is 1.75 bits per heavy atom. The Morgan fingerprint density at radius 1 is 0.750 bits per heavy atom. The third-order valence-corrected chi connectivity index (χ3v) is 4.90. The minimum Gasteiger partial charge on any atom is -0.396 e. The van der Waals surface area contributed by atoms with Crippen molar-refractivity contribution >= 4 is 5.78 Å². The largest absolute Gasteiger partial charge is 0.396 e. The van der Waals surface area contributed by atoms with Crippen LogP contribution in [0.25, 0.3) is 0 Å². The summed E-state index contributed by atoms with van der Waals surface area (Å²) in [5.74, 6) is 0.280. The Hall–Kier alpha value is -0.450. The van der Waals surface area contributed by atoms with Crippen LogP contribution in [0.2, 0.25) is 0 Å². The van der Waals surface area contributed by atoms with E-state index in [0.717, 1.165) is 19.3 Å². The van der Waals surface area contributed by atoms with E-state index in [-0.39, 0.29) is 43.4 Å². The molecule has 3 N–H and O–H groups in total. The fourth-order valence-electron chi connectivity index (χ4n) is 3.49. The van der Waals surface area contributed by atoms with Crippen LogP contribution in [-0.2, 0) is 4.79 Å². The van der Waals surface area contributed by atoms with Gasteiger partial charge in [-0.1, -0.05) is 51.9 Å². The van der Waals surface area contributed by atoms with Gasteiger partial charge in [0.15, 0.2) is 0 Å². The lowest BCUT2D eigenvalue weighted by Gasteiger charge is -2.24. The molecule has 0 fully saturated rings. The van der Waals surface area contributed by atoms with Crippen molar-refractivity contribution in [1.29, 1.82) is 0 Å². The van der Waals surface area contributed by atoms with Crippen LogP contribution in [0.15, 0.2) is 0 Å². The van der Waals surface area contributed by atoms with Gasteiger partial charge in [0.25, 0.3) is 0 Å². The summed E-state index contributed by atoms with van der Waals surface area (Å²) in [7, 11) is 0. The normalized spacial score (nSPS) is 15.2. The SMILES string of the molecule is CCCCCCCCCC(CO)CC(CO)CC(CO)CC(C)=O. The molecule has 0 aromatic rings.